The highest BCUT2D eigenvalue weighted by Gasteiger charge is 2.23. The van der Waals surface area contributed by atoms with E-state index in [0.717, 1.165) is 31.7 Å². The van der Waals surface area contributed by atoms with Gasteiger partial charge in [0.1, 0.15) is 0 Å². The molecule has 1 aliphatic rings. The first kappa shape index (κ1) is 11.6. The molecule has 1 N–H and O–H groups in total. The molecule has 7 nitrogen and oxygen atoms in total. The number of nitrogens with one attached hydrogen (secondary N) is 1. The molecule has 0 aromatic carbocycles. The van der Waals surface area contributed by atoms with Gasteiger partial charge in [-0.15, -0.1) is 0 Å². The highest BCUT2D eigenvalue weighted by atomic mass is 16.6. The average molecular weight is 239 g/mol. The van der Waals surface area contributed by atoms with Crippen molar-refractivity contribution < 1.29 is 14.2 Å². The topological polar surface area (TPSA) is 98.3 Å². The lowest BCUT2D eigenvalue weighted by atomic mass is 9.95. The number of nitro groups is 1. The molecule has 0 unspecified atom stereocenters. The molecule has 1 heterocycles. The van der Waals surface area contributed by atoms with Gasteiger partial charge in [0.25, 0.3) is 11.7 Å². The van der Waals surface area contributed by atoms with E-state index in [9.17, 15) is 14.9 Å². The molecular formula is C10H13N3O4. The predicted octanol–water partition coefficient (Wildman–Crippen LogP) is 1.65. The third kappa shape index (κ3) is 2.80. The van der Waals surface area contributed by atoms with Gasteiger partial charge in [0.2, 0.25) is 0 Å². The fraction of sp³-hybridized carbons (Fsp3) is 0.600. The molecule has 0 aliphatic heterocycles. The molecule has 1 saturated carbocycles. The minimum Gasteiger partial charge on any atom is -0.358 e. The Balaban J connectivity index is 1.96. The van der Waals surface area contributed by atoms with Crippen LogP contribution in [0.5, 0.6) is 0 Å². The van der Waals surface area contributed by atoms with Crippen molar-refractivity contribution in [1.29, 1.82) is 0 Å². The molecule has 0 spiro atoms. The Morgan fingerprint density at radius 3 is 2.76 bits per heavy atom. The molecule has 0 saturated heterocycles. The van der Waals surface area contributed by atoms with E-state index in [1.807, 2.05) is 0 Å². The van der Waals surface area contributed by atoms with E-state index in [-0.39, 0.29) is 11.8 Å². The lowest BCUT2D eigenvalue weighted by Crippen LogP contribution is -2.35. The van der Waals surface area contributed by atoms with Gasteiger partial charge in [0.05, 0.1) is 6.07 Å². The SMILES string of the molecule is O=C(NC1CCCCC1)c1cc([N+](=O)[O-])no1. The smallest absolute Gasteiger partial charge is 0.358 e. The first-order valence-electron chi connectivity index (χ1n) is 5.59. The number of rotatable bonds is 3. The van der Waals surface area contributed by atoms with Gasteiger partial charge in [-0.1, -0.05) is 19.3 Å². The van der Waals surface area contributed by atoms with Crippen molar-refractivity contribution in [3.63, 3.8) is 0 Å². The maximum atomic E-state index is 11.7. The van der Waals surface area contributed by atoms with Crippen molar-refractivity contribution in [2.45, 2.75) is 38.1 Å². The Morgan fingerprint density at radius 1 is 1.47 bits per heavy atom. The molecule has 17 heavy (non-hydrogen) atoms. The van der Waals surface area contributed by atoms with Crippen molar-refractivity contribution in [3.8, 4) is 0 Å². The summed E-state index contributed by atoms with van der Waals surface area (Å²) < 4.78 is 4.63. The van der Waals surface area contributed by atoms with Crippen molar-refractivity contribution in [2.75, 3.05) is 0 Å². The Bertz CT molecular complexity index is 423. The summed E-state index contributed by atoms with van der Waals surface area (Å²) in [7, 11) is 0. The third-order valence-electron chi connectivity index (χ3n) is 2.85. The number of hydrogen-bond acceptors (Lipinski definition) is 5. The maximum Gasteiger partial charge on any atom is 0.414 e. The highest BCUT2D eigenvalue weighted by molar-refractivity contribution is 5.91. The first-order chi connectivity index (χ1) is 8.16. The molecule has 1 fully saturated rings. The van der Waals surface area contributed by atoms with Crippen LogP contribution in [0.1, 0.15) is 42.7 Å². The Hall–Kier alpha value is -1.92. The normalized spacial score (nSPS) is 16.7. The molecule has 1 aromatic rings. The van der Waals surface area contributed by atoms with Crippen LogP contribution < -0.4 is 5.32 Å². The first-order valence-corrected chi connectivity index (χ1v) is 5.59. The number of carbonyl (C=O) groups excluding carboxylic acids is 1. The van der Waals surface area contributed by atoms with Crippen LogP contribution >= 0.6 is 0 Å². The fourth-order valence-corrected chi connectivity index (χ4v) is 1.96. The van der Waals surface area contributed by atoms with Crippen molar-refractivity contribution in [3.05, 3.63) is 21.9 Å². The van der Waals surface area contributed by atoms with E-state index in [1.54, 1.807) is 0 Å². The summed E-state index contributed by atoms with van der Waals surface area (Å²) in [5, 5.41) is 16.4. The third-order valence-corrected chi connectivity index (χ3v) is 2.85. The number of amides is 1. The second-order valence-corrected chi connectivity index (χ2v) is 4.11. The van der Waals surface area contributed by atoms with Gasteiger partial charge < -0.3 is 15.4 Å². The zero-order chi connectivity index (χ0) is 12.3. The van der Waals surface area contributed by atoms with Crippen LogP contribution in [-0.2, 0) is 0 Å². The van der Waals surface area contributed by atoms with Crippen molar-refractivity contribution in [1.82, 2.24) is 10.5 Å². The maximum absolute atomic E-state index is 11.7. The molecule has 1 aromatic heterocycles. The van der Waals surface area contributed by atoms with Gasteiger partial charge in [0.15, 0.2) is 5.16 Å². The van der Waals surface area contributed by atoms with Gasteiger partial charge in [-0.25, -0.2) is 0 Å². The zero-order valence-corrected chi connectivity index (χ0v) is 9.22. The molecule has 7 heteroatoms. The van der Waals surface area contributed by atoms with Crippen LogP contribution in [0.3, 0.4) is 0 Å². The minimum absolute atomic E-state index is 0.109. The van der Waals surface area contributed by atoms with Crippen LogP contribution in [0.4, 0.5) is 5.82 Å². The fourth-order valence-electron chi connectivity index (χ4n) is 1.96. The quantitative estimate of drug-likeness (QED) is 0.638. The number of aromatic nitrogens is 1. The lowest BCUT2D eigenvalue weighted by Gasteiger charge is -2.21. The van der Waals surface area contributed by atoms with Crippen molar-refractivity contribution in [2.24, 2.45) is 0 Å². The Labute approximate surface area is 97.3 Å². The van der Waals surface area contributed by atoms with E-state index in [4.69, 9.17) is 0 Å². The molecule has 0 atom stereocenters. The molecule has 0 radical (unpaired) electrons. The van der Waals surface area contributed by atoms with E-state index >= 15 is 0 Å². The van der Waals surface area contributed by atoms with Crippen LogP contribution in [0.2, 0.25) is 0 Å². The lowest BCUT2D eigenvalue weighted by molar-refractivity contribution is -0.390. The minimum atomic E-state index is -0.694. The number of nitrogens with zero attached hydrogens (tertiary/aromatic N) is 2. The molecular weight excluding hydrogens is 226 g/mol. The van der Waals surface area contributed by atoms with Gasteiger partial charge >= 0.3 is 5.82 Å². The summed E-state index contributed by atoms with van der Waals surface area (Å²) in [5.74, 6) is -0.987. The second kappa shape index (κ2) is 4.94. The largest absolute Gasteiger partial charge is 0.414 e. The second-order valence-electron chi connectivity index (χ2n) is 4.11. The average Bonchev–Trinajstić information content (AvgIpc) is 2.79. The molecule has 92 valence electrons. The van der Waals surface area contributed by atoms with Gasteiger partial charge in [0, 0.05) is 6.04 Å². The summed E-state index contributed by atoms with van der Waals surface area (Å²) in [6, 6.07) is 1.18. The van der Waals surface area contributed by atoms with Crippen LogP contribution in [-0.4, -0.2) is 22.0 Å². The van der Waals surface area contributed by atoms with Crippen LogP contribution in [0, 0.1) is 10.1 Å². The summed E-state index contributed by atoms with van der Waals surface area (Å²) >= 11 is 0. The van der Waals surface area contributed by atoms with E-state index in [0.29, 0.717) is 0 Å². The van der Waals surface area contributed by atoms with Gasteiger partial charge in [-0.3, -0.25) is 9.32 Å². The molecule has 0 bridgehead atoms. The molecule has 1 aliphatic carbocycles. The van der Waals surface area contributed by atoms with E-state index in [2.05, 4.69) is 15.0 Å². The Morgan fingerprint density at radius 2 is 2.18 bits per heavy atom. The summed E-state index contributed by atoms with van der Waals surface area (Å²) in [6.07, 6.45) is 5.28. The zero-order valence-electron chi connectivity index (χ0n) is 9.22. The molecule has 2 rings (SSSR count). The Kier molecular flexibility index (Phi) is 3.36. The van der Waals surface area contributed by atoms with Crippen LogP contribution in [0.25, 0.3) is 0 Å². The number of hydrogen-bond donors (Lipinski definition) is 1. The number of carbonyl (C=O) groups is 1. The standard InChI is InChI=1S/C10H13N3O4/c14-10(11-7-4-2-1-3-5-7)8-6-9(12-17-8)13(15)16/h6-7H,1-5H2,(H,11,14). The van der Waals surface area contributed by atoms with E-state index < -0.39 is 16.6 Å². The van der Waals surface area contributed by atoms with Crippen LogP contribution in [0.15, 0.2) is 10.6 Å². The molecule has 1 amide bonds. The monoisotopic (exact) mass is 239 g/mol. The van der Waals surface area contributed by atoms with Crippen molar-refractivity contribution >= 4 is 11.7 Å². The summed E-state index contributed by atoms with van der Waals surface area (Å²) in [5.41, 5.74) is 0. The van der Waals surface area contributed by atoms with Gasteiger partial charge in [-0.2, -0.15) is 0 Å². The van der Waals surface area contributed by atoms with E-state index in [1.165, 1.54) is 6.42 Å². The predicted molar refractivity (Wildman–Crippen MR) is 57.5 cm³/mol. The summed E-state index contributed by atoms with van der Waals surface area (Å²) in [6.45, 7) is 0. The summed E-state index contributed by atoms with van der Waals surface area (Å²) in [4.78, 5) is 21.4. The highest BCUT2D eigenvalue weighted by Crippen LogP contribution is 2.18. The van der Waals surface area contributed by atoms with Gasteiger partial charge in [-0.05, 0) is 17.8 Å².